The fourth-order valence-electron chi connectivity index (χ4n) is 2.24. The van der Waals surface area contributed by atoms with Crippen molar-refractivity contribution in [3.8, 4) is 0 Å². The molecule has 5 nitrogen and oxygen atoms in total. The first kappa shape index (κ1) is 11.3. The Morgan fingerprint density at radius 3 is 2.61 bits per heavy atom. The average molecular weight is 249 g/mol. The Balaban J connectivity index is 1.78. The van der Waals surface area contributed by atoms with E-state index < -0.39 is 11.4 Å². The number of carbonyl (C=O) groups excluding carboxylic acids is 1. The number of rotatable bonds is 5. The Morgan fingerprint density at radius 2 is 2.17 bits per heavy atom. The molecule has 0 spiro atoms. The van der Waals surface area contributed by atoms with Crippen LogP contribution >= 0.6 is 0 Å². The average Bonchev–Trinajstić information content (AvgIpc) is 3.24. The first-order valence-corrected chi connectivity index (χ1v) is 6.20. The van der Waals surface area contributed by atoms with Gasteiger partial charge in [0.25, 0.3) is 0 Å². The molecule has 2 aliphatic rings. The molecule has 2 fully saturated rings. The summed E-state index contributed by atoms with van der Waals surface area (Å²) in [5.74, 6) is -0.525. The van der Waals surface area contributed by atoms with Gasteiger partial charge < -0.3 is 14.4 Å². The van der Waals surface area contributed by atoms with E-state index in [2.05, 4.69) is 0 Å². The molecule has 2 saturated carbocycles. The maximum atomic E-state index is 12.4. The first-order valence-electron chi connectivity index (χ1n) is 6.20. The fourth-order valence-corrected chi connectivity index (χ4v) is 2.24. The van der Waals surface area contributed by atoms with E-state index in [1.165, 1.54) is 0 Å². The molecule has 0 unspecified atom stereocenters. The minimum absolute atomic E-state index is 0.194. The molecule has 0 aromatic carbocycles. The number of carbonyl (C=O) groups is 2. The van der Waals surface area contributed by atoms with E-state index in [-0.39, 0.29) is 11.9 Å². The summed E-state index contributed by atoms with van der Waals surface area (Å²) in [5.41, 5.74) is -1.14. The van der Waals surface area contributed by atoms with Crippen molar-refractivity contribution in [2.24, 2.45) is 5.41 Å². The molecule has 5 heteroatoms. The van der Waals surface area contributed by atoms with E-state index >= 15 is 0 Å². The Morgan fingerprint density at radius 1 is 1.44 bits per heavy atom. The van der Waals surface area contributed by atoms with Crippen molar-refractivity contribution in [2.75, 3.05) is 0 Å². The van der Waals surface area contributed by atoms with Crippen LogP contribution in [-0.4, -0.2) is 27.9 Å². The summed E-state index contributed by atoms with van der Waals surface area (Å²) in [7, 11) is 0. The maximum Gasteiger partial charge on any atom is 0.319 e. The molecule has 1 aromatic rings. The van der Waals surface area contributed by atoms with Gasteiger partial charge in [-0.3, -0.25) is 9.59 Å². The van der Waals surface area contributed by atoms with E-state index in [1.807, 2.05) is 6.07 Å². The van der Waals surface area contributed by atoms with Crippen molar-refractivity contribution >= 4 is 11.9 Å². The SMILES string of the molecule is O=C(O)C1(C(=O)N(Cc2ccco2)C2CC2)CC1. The quantitative estimate of drug-likeness (QED) is 0.805. The highest BCUT2D eigenvalue weighted by molar-refractivity contribution is 6.05. The van der Waals surface area contributed by atoms with Crippen molar-refractivity contribution in [3.63, 3.8) is 0 Å². The van der Waals surface area contributed by atoms with Gasteiger partial charge in [-0.05, 0) is 37.8 Å². The number of hydrogen-bond donors (Lipinski definition) is 1. The topological polar surface area (TPSA) is 70.8 Å². The van der Waals surface area contributed by atoms with Crippen LogP contribution in [0.2, 0.25) is 0 Å². The van der Waals surface area contributed by atoms with Gasteiger partial charge in [0, 0.05) is 6.04 Å². The number of hydrogen-bond acceptors (Lipinski definition) is 3. The predicted octanol–water partition coefficient (Wildman–Crippen LogP) is 1.64. The second-order valence-electron chi connectivity index (χ2n) is 5.13. The molecular formula is C13H15NO4. The Kier molecular flexibility index (Phi) is 2.43. The molecule has 0 radical (unpaired) electrons. The van der Waals surface area contributed by atoms with Crippen LogP contribution in [0.3, 0.4) is 0 Å². The minimum atomic E-state index is -1.14. The lowest BCUT2D eigenvalue weighted by atomic mass is 10.1. The van der Waals surface area contributed by atoms with Crippen LogP contribution in [0, 0.1) is 5.41 Å². The summed E-state index contributed by atoms with van der Waals surface area (Å²) in [6.07, 6.45) is 4.41. The Hall–Kier alpha value is -1.78. The van der Waals surface area contributed by atoms with E-state index in [1.54, 1.807) is 17.2 Å². The Bertz CT molecular complexity index is 471. The zero-order valence-electron chi connectivity index (χ0n) is 9.96. The molecule has 1 heterocycles. The zero-order chi connectivity index (χ0) is 12.8. The standard InChI is InChI=1S/C13H15NO4/c15-11(13(5-6-13)12(16)17)14(9-3-4-9)8-10-2-1-7-18-10/h1-2,7,9H,3-6,8H2,(H,16,17). The third kappa shape index (κ3) is 1.79. The summed E-state index contributed by atoms with van der Waals surface area (Å²) >= 11 is 0. The third-order valence-electron chi connectivity index (χ3n) is 3.72. The highest BCUT2D eigenvalue weighted by Gasteiger charge is 2.59. The normalized spacial score (nSPS) is 20.4. The molecule has 1 amide bonds. The molecule has 1 N–H and O–H groups in total. The summed E-state index contributed by atoms with van der Waals surface area (Å²) in [6.45, 7) is 0.380. The summed E-state index contributed by atoms with van der Waals surface area (Å²) in [4.78, 5) is 25.3. The van der Waals surface area contributed by atoms with Gasteiger partial charge in [0.1, 0.15) is 11.2 Å². The molecule has 0 bridgehead atoms. The van der Waals surface area contributed by atoms with Crippen LogP contribution < -0.4 is 0 Å². The zero-order valence-corrected chi connectivity index (χ0v) is 9.96. The van der Waals surface area contributed by atoms with Crippen LogP contribution in [0.4, 0.5) is 0 Å². The van der Waals surface area contributed by atoms with E-state index in [0.29, 0.717) is 25.1 Å². The molecule has 0 atom stereocenters. The van der Waals surface area contributed by atoms with Gasteiger partial charge in [-0.25, -0.2) is 0 Å². The van der Waals surface area contributed by atoms with Crippen molar-refractivity contribution in [2.45, 2.75) is 38.3 Å². The minimum Gasteiger partial charge on any atom is -0.480 e. The summed E-state index contributed by atoms with van der Waals surface area (Å²) in [5, 5.41) is 9.18. The van der Waals surface area contributed by atoms with E-state index in [0.717, 1.165) is 12.8 Å². The summed E-state index contributed by atoms with van der Waals surface area (Å²) in [6, 6.07) is 3.78. The number of carboxylic acids is 1. The number of nitrogens with zero attached hydrogens (tertiary/aromatic N) is 1. The van der Waals surface area contributed by atoms with Gasteiger partial charge in [-0.2, -0.15) is 0 Å². The molecule has 0 aliphatic heterocycles. The van der Waals surface area contributed by atoms with Crippen molar-refractivity contribution < 1.29 is 19.1 Å². The summed E-state index contributed by atoms with van der Waals surface area (Å²) < 4.78 is 5.24. The molecule has 3 rings (SSSR count). The highest BCUT2D eigenvalue weighted by atomic mass is 16.4. The van der Waals surface area contributed by atoms with E-state index in [9.17, 15) is 14.7 Å². The van der Waals surface area contributed by atoms with Gasteiger partial charge in [-0.15, -0.1) is 0 Å². The van der Waals surface area contributed by atoms with Crippen molar-refractivity contribution in [3.05, 3.63) is 24.2 Å². The third-order valence-corrected chi connectivity index (χ3v) is 3.72. The molecule has 96 valence electrons. The molecule has 1 aromatic heterocycles. The second-order valence-corrected chi connectivity index (χ2v) is 5.13. The largest absolute Gasteiger partial charge is 0.480 e. The lowest BCUT2D eigenvalue weighted by Gasteiger charge is -2.24. The first-order chi connectivity index (χ1) is 8.63. The lowest BCUT2D eigenvalue weighted by Crippen LogP contribution is -2.41. The van der Waals surface area contributed by atoms with Gasteiger partial charge in [0.15, 0.2) is 0 Å². The molecule has 18 heavy (non-hydrogen) atoms. The number of furan rings is 1. The number of amides is 1. The number of carboxylic acid groups (broad SMARTS) is 1. The van der Waals surface area contributed by atoms with Gasteiger partial charge in [0.2, 0.25) is 5.91 Å². The smallest absolute Gasteiger partial charge is 0.319 e. The van der Waals surface area contributed by atoms with Gasteiger partial charge in [-0.1, -0.05) is 0 Å². The van der Waals surface area contributed by atoms with Crippen LogP contribution in [0.1, 0.15) is 31.4 Å². The lowest BCUT2D eigenvalue weighted by molar-refractivity contribution is -0.154. The molecule has 0 saturated heterocycles. The second kappa shape index (κ2) is 3.86. The van der Waals surface area contributed by atoms with Crippen LogP contribution in [0.25, 0.3) is 0 Å². The van der Waals surface area contributed by atoms with Crippen molar-refractivity contribution in [1.82, 2.24) is 4.90 Å². The molecular weight excluding hydrogens is 234 g/mol. The van der Waals surface area contributed by atoms with Gasteiger partial charge >= 0.3 is 5.97 Å². The predicted molar refractivity (Wildman–Crippen MR) is 61.6 cm³/mol. The fraction of sp³-hybridized carbons (Fsp3) is 0.538. The van der Waals surface area contributed by atoms with Crippen molar-refractivity contribution in [1.29, 1.82) is 0 Å². The van der Waals surface area contributed by atoms with E-state index in [4.69, 9.17) is 4.42 Å². The Labute approximate surface area is 104 Å². The molecule has 2 aliphatic carbocycles. The van der Waals surface area contributed by atoms with Crippen LogP contribution in [0.5, 0.6) is 0 Å². The number of aliphatic carboxylic acids is 1. The maximum absolute atomic E-state index is 12.4. The monoisotopic (exact) mass is 249 g/mol. The van der Waals surface area contributed by atoms with Crippen LogP contribution in [-0.2, 0) is 16.1 Å². The van der Waals surface area contributed by atoms with Crippen LogP contribution in [0.15, 0.2) is 22.8 Å². The van der Waals surface area contributed by atoms with Gasteiger partial charge in [0.05, 0.1) is 12.8 Å². The highest BCUT2D eigenvalue weighted by Crippen LogP contribution is 2.49.